The summed E-state index contributed by atoms with van der Waals surface area (Å²) in [7, 11) is 1.67. The van der Waals surface area contributed by atoms with Gasteiger partial charge in [-0.15, -0.1) is 0 Å². The molecular formula is C28H36N6O3. The summed E-state index contributed by atoms with van der Waals surface area (Å²) in [6, 6.07) is 12.4. The Hall–Kier alpha value is -3.43. The summed E-state index contributed by atoms with van der Waals surface area (Å²) in [6.07, 6.45) is 4.48. The molecule has 1 fully saturated rings. The summed E-state index contributed by atoms with van der Waals surface area (Å²) in [5.74, 6) is 2.32. The molecule has 9 heteroatoms. The van der Waals surface area contributed by atoms with Crippen LogP contribution in [0.1, 0.15) is 23.1 Å². The number of benzene rings is 2. The van der Waals surface area contributed by atoms with E-state index in [2.05, 4.69) is 52.4 Å². The Kier molecular flexibility index (Phi) is 8.01. The SMILES string of the molecule is COc1ccc(CN=C2NC=NC3C2C=NN3c2cc(C)cc(C)c2)cc1OCCCN1CCOCC1. The van der Waals surface area contributed by atoms with Crippen molar-refractivity contribution in [2.24, 2.45) is 21.0 Å². The number of fused-ring (bicyclic) bond motifs is 1. The van der Waals surface area contributed by atoms with Gasteiger partial charge in [0.25, 0.3) is 0 Å². The molecule has 3 aliphatic heterocycles. The first-order valence-corrected chi connectivity index (χ1v) is 12.9. The van der Waals surface area contributed by atoms with Crippen LogP contribution in [0, 0.1) is 19.8 Å². The lowest BCUT2D eigenvalue weighted by molar-refractivity contribution is 0.0357. The lowest BCUT2D eigenvalue weighted by Crippen LogP contribution is -2.45. The third kappa shape index (κ3) is 6.11. The summed E-state index contributed by atoms with van der Waals surface area (Å²) in [5.41, 5.74) is 4.52. The standard InChI is InChI=1S/C28H36N6O3/c1-20-13-21(2)15-23(14-20)34-28-24(18-32-34)27(30-19-31-28)29-17-22-5-6-25(35-3)26(16-22)37-10-4-7-33-8-11-36-12-9-33/h5-6,13-16,18-19,24,28H,4,7-12,17H2,1-3H3,(H,29,30,31). The van der Waals surface area contributed by atoms with Gasteiger partial charge in [0.05, 0.1) is 51.4 Å². The number of morpholine rings is 1. The van der Waals surface area contributed by atoms with Crippen LogP contribution in [0.4, 0.5) is 5.69 Å². The van der Waals surface area contributed by atoms with Crippen molar-refractivity contribution in [1.29, 1.82) is 0 Å². The summed E-state index contributed by atoms with van der Waals surface area (Å²) in [5, 5.41) is 9.89. The Morgan fingerprint density at radius 1 is 1.08 bits per heavy atom. The maximum atomic E-state index is 6.11. The second-order valence-electron chi connectivity index (χ2n) is 9.66. The number of hydrazone groups is 1. The van der Waals surface area contributed by atoms with Gasteiger partial charge in [0, 0.05) is 25.8 Å². The predicted molar refractivity (Wildman–Crippen MR) is 147 cm³/mol. The van der Waals surface area contributed by atoms with E-state index in [1.807, 2.05) is 29.4 Å². The first kappa shape index (κ1) is 25.2. The third-order valence-electron chi connectivity index (χ3n) is 6.79. The molecule has 3 aliphatic rings. The molecule has 0 radical (unpaired) electrons. The number of amidine groups is 1. The third-order valence-corrected chi connectivity index (χ3v) is 6.79. The molecule has 0 amide bonds. The van der Waals surface area contributed by atoms with E-state index in [0.29, 0.717) is 13.2 Å². The Bertz CT molecular complexity index is 1150. The molecule has 1 N–H and O–H groups in total. The summed E-state index contributed by atoms with van der Waals surface area (Å²) in [4.78, 5) is 12.0. The van der Waals surface area contributed by atoms with Crippen LogP contribution in [0.2, 0.25) is 0 Å². The molecule has 3 heterocycles. The van der Waals surface area contributed by atoms with E-state index in [9.17, 15) is 0 Å². The predicted octanol–water partition coefficient (Wildman–Crippen LogP) is 3.39. The average molecular weight is 505 g/mol. The van der Waals surface area contributed by atoms with Crippen LogP contribution in [0.3, 0.4) is 0 Å². The molecule has 0 saturated carbocycles. The van der Waals surface area contributed by atoms with Crippen molar-refractivity contribution in [3.05, 3.63) is 53.1 Å². The maximum absolute atomic E-state index is 6.11. The number of ether oxygens (including phenoxy) is 3. The second-order valence-corrected chi connectivity index (χ2v) is 9.66. The first-order chi connectivity index (χ1) is 18.1. The van der Waals surface area contributed by atoms with E-state index in [1.54, 1.807) is 13.4 Å². The highest BCUT2D eigenvalue weighted by Gasteiger charge is 2.37. The molecule has 1 saturated heterocycles. The van der Waals surface area contributed by atoms with Crippen molar-refractivity contribution < 1.29 is 14.2 Å². The smallest absolute Gasteiger partial charge is 0.161 e. The molecule has 0 spiro atoms. The van der Waals surface area contributed by atoms with Crippen molar-refractivity contribution in [1.82, 2.24) is 10.2 Å². The minimum absolute atomic E-state index is 0.0278. The van der Waals surface area contributed by atoms with Gasteiger partial charge in [-0.05, 0) is 61.2 Å². The van der Waals surface area contributed by atoms with E-state index in [0.717, 1.165) is 67.9 Å². The zero-order valence-electron chi connectivity index (χ0n) is 21.9. The normalized spacial score (nSPS) is 22.2. The van der Waals surface area contributed by atoms with Crippen LogP contribution < -0.4 is 19.8 Å². The number of aryl methyl sites for hydroxylation is 2. The van der Waals surface area contributed by atoms with Gasteiger partial charge in [-0.25, -0.2) is 10.0 Å². The van der Waals surface area contributed by atoms with Crippen molar-refractivity contribution in [2.75, 3.05) is 51.6 Å². The Balaban J connectivity index is 1.22. The largest absolute Gasteiger partial charge is 0.493 e. The van der Waals surface area contributed by atoms with Crippen molar-refractivity contribution in [2.45, 2.75) is 33.0 Å². The van der Waals surface area contributed by atoms with E-state index >= 15 is 0 Å². The highest BCUT2D eigenvalue weighted by atomic mass is 16.5. The van der Waals surface area contributed by atoms with Gasteiger partial charge < -0.3 is 19.5 Å². The molecule has 196 valence electrons. The minimum atomic E-state index is -0.137. The van der Waals surface area contributed by atoms with Gasteiger partial charge in [-0.2, -0.15) is 5.10 Å². The van der Waals surface area contributed by atoms with E-state index in [4.69, 9.17) is 19.2 Å². The molecule has 2 aromatic rings. The Morgan fingerprint density at radius 3 is 2.68 bits per heavy atom. The lowest BCUT2D eigenvalue weighted by Gasteiger charge is -2.28. The maximum Gasteiger partial charge on any atom is 0.161 e. The fourth-order valence-corrected chi connectivity index (χ4v) is 4.94. The van der Waals surface area contributed by atoms with E-state index in [-0.39, 0.29) is 12.1 Å². The monoisotopic (exact) mass is 504 g/mol. The minimum Gasteiger partial charge on any atom is -0.493 e. The molecule has 0 aromatic heterocycles. The van der Waals surface area contributed by atoms with Crippen molar-refractivity contribution in [3.8, 4) is 11.5 Å². The quantitative estimate of drug-likeness (QED) is 0.527. The van der Waals surface area contributed by atoms with Crippen molar-refractivity contribution >= 4 is 24.1 Å². The molecular weight excluding hydrogens is 468 g/mol. The number of rotatable bonds is 9. The van der Waals surface area contributed by atoms with E-state index < -0.39 is 0 Å². The molecule has 0 bridgehead atoms. The first-order valence-electron chi connectivity index (χ1n) is 12.9. The lowest BCUT2D eigenvalue weighted by atomic mass is 10.0. The number of aliphatic imine (C=N–C) groups is 2. The average Bonchev–Trinajstić information content (AvgIpc) is 3.35. The zero-order chi connectivity index (χ0) is 25.6. The fraction of sp³-hybridized carbons (Fsp3) is 0.464. The van der Waals surface area contributed by atoms with Crippen LogP contribution in [0.15, 0.2) is 51.5 Å². The number of nitrogens with one attached hydrogen (secondary N) is 1. The molecule has 2 atom stereocenters. The molecule has 37 heavy (non-hydrogen) atoms. The van der Waals surface area contributed by atoms with Gasteiger partial charge in [-0.1, -0.05) is 12.1 Å². The van der Waals surface area contributed by atoms with Crippen LogP contribution in [-0.2, 0) is 11.3 Å². The Labute approximate surface area is 218 Å². The van der Waals surface area contributed by atoms with Gasteiger partial charge in [0.15, 0.2) is 17.7 Å². The van der Waals surface area contributed by atoms with Crippen LogP contribution in [0.25, 0.3) is 0 Å². The summed E-state index contributed by atoms with van der Waals surface area (Å²) in [6.45, 7) is 9.99. The number of anilines is 1. The van der Waals surface area contributed by atoms with Gasteiger partial charge >= 0.3 is 0 Å². The second kappa shape index (κ2) is 11.7. The highest BCUT2D eigenvalue weighted by Crippen LogP contribution is 2.31. The summed E-state index contributed by atoms with van der Waals surface area (Å²) >= 11 is 0. The van der Waals surface area contributed by atoms with Gasteiger partial charge in [0.2, 0.25) is 0 Å². The topological polar surface area (TPSA) is 83.3 Å². The van der Waals surface area contributed by atoms with Gasteiger partial charge in [0.1, 0.15) is 5.84 Å². The molecule has 9 nitrogen and oxygen atoms in total. The van der Waals surface area contributed by atoms with Crippen molar-refractivity contribution in [3.63, 3.8) is 0 Å². The van der Waals surface area contributed by atoms with E-state index in [1.165, 1.54) is 11.1 Å². The highest BCUT2D eigenvalue weighted by molar-refractivity contribution is 6.06. The fourth-order valence-electron chi connectivity index (χ4n) is 4.94. The number of hydrogen-bond acceptors (Lipinski definition) is 8. The zero-order valence-corrected chi connectivity index (χ0v) is 21.9. The number of methoxy groups -OCH3 is 1. The number of nitrogens with zero attached hydrogens (tertiary/aromatic N) is 5. The van der Waals surface area contributed by atoms with Crippen LogP contribution in [-0.4, -0.2) is 76.0 Å². The van der Waals surface area contributed by atoms with Crippen LogP contribution in [0.5, 0.6) is 11.5 Å². The molecule has 2 aromatic carbocycles. The Morgan fingerprint density at radius 2 is 1.89 bits per heavy atom. The van der Waals surface area contributed by atoms with Gasteiger partial charge in [-0.3, -0.25) is 9.89 Å². The molecule has 5 rings (SSSR count). The molecule has 2 unspecified atom stereocenters. The van der Waals surface area contributed by atoms with Crippen LogP contribution >= 0.6 is 0 Å². The summed E-state index contributed by atoms with van der Waals surface area (Å²) < 4.78 is 17.1. The molecule has 0 aliphatic carbocycles. The number of hydrogen-bond donors (Lipinski definition) is 1.